The van der Waals surface area contributed by atoms with Gasteiger partial charge in [0.2, 0.25) is 0 Å². The number of carboxylic acid groups (broad SMARTS) is 1. The van der Waals surface area contributed by atoms with Gasteiger partial charge in [-0.1, -0.05) is 60.7 Å². The first-order valence-corrected chi connectivity index (χ1v) is 8.40. The van der Waals surface area contributed by atoms with Crippen molar-refractivity contribution < 1.29 is 29.0 Å². The third-order valence-electron chi connectivity index (χ3n) is 3.65. The number of aliphatic carboxylic acids is 1. The van der Waals surface area contributed by atoms with E-state index in [-0.39, 0.29) is 19.8 Å². The molecular weight excluding hydrogens is 350 g/mol. The van der Waals surface area contributed by atoms with Gasteiger partial charge >= 0.3 is 17.9 Å². The topological polar surface area (TPSA) is 102 Å². The summed E-state index contributed by atoms with van der Waals surface area (Å²) in [4.78, 5) is 34.9. The minimum Gasteiger partial charge on any atom is -0.480 e. The van der Waals surface area contributed by atoms with Crippen LogP contribution in [0.4, 0.5) is 0 Å². The van der Waals surface area contributed by atoms with Crippen LogP contribution in [0.5, 0.6) is 0 Å². The molecule has 0 radical (unpaired) electrons. The summed E-state index contributed by atoms with van der Waals surface area (Å²) in [6.45, 7) is -0.168. The zero-order chi connectivity index (χ0) is 19.5. The second kappa shape index (κ2) is 10.7. The molecule has 0 amide bonds. The lowest BCUT2D eigenvalue weighted by Crippen LogP contribution is -2.41. The van der Waals surface area contributed by atoms with E-state index >= 15 is 0 Å². The monoisotopic (exact) mass is 371 g/mol. The molecule has 0 aliphatic carbocycles. The van der Waals surface area contributed by atoms with Gasteiger partial charge in [-0.15, -0.1) is 0 Å². The van der Waals surface area contributed by atoms with Crippen molar-refractivity contribution in [2.24, 2.45) is 0 Å². The van der Waals surface area contributed by atoms with Crippen molar-refractivity contribution in [3.63, 3.8) is 0 Å². The van der Waals surface area contributed by atoms with Crippen LogP contribution in [0.1, 0.15) is 17.5 Å². The molecule has 0 aromatic heterocycles. The molecule has 142 valence electrons. The van der Waals surface area contributed by atoms with Gasteiger partial charge in [0, 0.05) is 0 Å². The largest absolute Gasteiger partial charge is 0.480 e. The van der Waals surface area contributed by atoms with E-state index in [4.69, 9.17) is 9.47 Å². The third kappa shape index (κ3) is 7.70. The highest BCUT2D eigenvalue weighted by Gasteiger charge is 2.23. The molecule has 2 aromatic rings. The molecule has 0 saturated carbocycles. The fourth-order valence-corrected chi connectivity index (χ4v) is 2.21. The Bertz CT molecular complexity index is 748. The van der Waals surface area contributed by atoms with E-state index in [2.05, 4.69) is 5.32 Å². The lowest BCUT2D eigenvalue weighted by molar-refractivity contribution is -0.151. The highest BCUT2D eigenvalue weighted by molar-refractivity contribution is 5.82. The van der Waals surface area contributed by atoms with Crippen LogP contribution >= 0.6 is 0 Å². The zero-order valence-corrected chi connectivity index (χ0v) is 14.7. The van der Waals surface area contributed by atoms with Crippen LogP contribution in [-0.2, 0) is 37.1 Å². The van der Waals surface area contributed by atoms with Crippen molar-refractivity contribution in [2.45, 2.75) is 25.7 Å². The average Bonchev–Trinajstić information content (AvgIpc) is 2.69. The Balaban J connectivity index is 1.73. The molecule has 2 aromatic carbocycles. The molecule has 1 unspecified atom stereocenters. The predicted molar refractivity (Wildman–Crippen MR) is 96.5 cm³/mol. The fraction of sp³-hybridized carbons (Fsp3) is 0.250. The Hall–Kier alpha value is -3.19. The molecule has 0 bridgehead atoms. The molecule has 2 rings (SSSR count). The highest BCUT2D eigenvalue weighted by atomic mass is 16.5. The minimum atomic E-state index is -1.25. The van der Waals surface area contributed by atoms with Crippen LogP contribution in [0.2, 0.25) is 0 Å². The van der Waals surface area contributed by atoms with Gasteiger partial charge in [-0.05, 0) is 11.1 Å². The Kier molecular flexibility index (Phi) is 7.99. The quantitative estimate of drug-likeness (QED) is 0.615. The van der Waals surface area contributed by atoms with Crippen molar-refractivity contribution in [1.82, 2.24) is 5.32 Å². The number of ether oxygens (including phenoxy) is 2. The molecule has 0 spiro atoms. The van der Waals surface area contributed by atoms with Gasteiger partial charge in [-0.25, -0.2) is 0 Å². The van der Waals surface area contributed by atoms with Gasteiger partial charge in [0.15, 0.2) is 0 Å². The van der Waals surface area contributed by atoms with Crippen molar-refractivity contribution in [1.29, 1.82) is 0 Å². The first-order valence-electron chi connectivity index (χ1n) is 8.40. The first kappa shape index (κ1) is 20.1. The summed E-state index contributed by atoms with van der Waals surface area (Å²) in [5, 5.41) is 11.7. The van der Waals surface area contributed by atoms with Crippen molar-refractivity contribution in [3.8, 4) is 0 Å². The normalized spacial score (nSPS) is 11.4. The molecule has 1 atom stereocenters. The molecule has 27 heavy (non-hydrogen) atoms. The third-order valence-corrected chi connectivity index (χ3v) is 3.65. The zero-order valence-electron chi connectivity index (χ0n) is 14.7. The van der Waals surface area contributed by atoms with E-state index in [9.17, 15) is 19.5 Å². The summed E-state index contributed by atoms with van der Waals surface area (Å²) >= 11 is 0. The Morgan fingerprint density at radius 2 is 1.30 bits per heavy atom. The molecule has 0 fully saturated rings. The molecule has 7 heteroatoms. The fourth-order valence-electron chi connectivity index (χ4n) is 2.21. The van der Waals surface area contributed by atoms with Crippen LogP contribution in [-0.4, -0.2) is 35.6 Å². The minimum absolute atomic E-state index is 0.0606. The number of benzene rings is 2. The number of hydrogen-bond donors (Lipinski definition) is 2. The van der Waals surface area contributed by atoms with Crippen LogP contribution < -0.4 is 5.32 Å². The average molecular weight is 371 g/mol. The van der Waals surface area contributed by atoms with Crippen molar-refractivity contribution in [3.05, 3.63) is 71.8 Å². The van der Waals surface area contributed by atoms with Gasteiger partial charge < -0.3 is 14.6 Å². The maximum atomic E-state index is 11.8. The molecule has 2 N–H and O–H groups in total. The number of esters is 2. The molecular formula is C20H21NO6. The second-order valence-electron chi connectivity index (χ2n) is 5.77. The van der Waals surface area contributed by atoms with Crippen LogP contribution in [0.3, 0.4) is 0 Å². The summed E-state index contributed by atoms with van der Waals surface area (Å²) in [6, 6.07) is 16.9. The second-order valence-corrected chi connectivity index (χ2v) is 5.77. The number of nitrogens with one attached hydrogen (secondary N) is 1. The number of carbonyl (C=O) groups excluding carboxylic acids is 2. The Morgan fingerprint density at radius 3 is 1.78 bits per heavy atom. The summed E-state index contributed by atoms with van der Waals surface area (Å²) in [5.74, 6) is -2.53. The van der Waals surface area contributed by atoms with E-state index in [1.807, 2.05) is 48.5 Å². The van der Waals surface area contributed by atoms with E-state index in [0.29, 0.717) is 0 Å². The molecule has 0 aliphatic rings. The maximum Gasteiger partial charge on any atom is 0.321 e. The van der Waals surface area contributed by atoms with Gasteiger partial charge in [0.1, 0.15) is 19.3 Å². The SMILES string of the molecule is O=C(CNC(CC(=O)OCc1ccccc1)C(=O)O)OCc1ccccc1. The summed E-state index contributed by atoms with van der Waals surface area (Å²) < 4.78 is 10.1. The summed E-state index contributed by atoms with van der Waals surface area (Å²) in [5.41, 5.74) is 1.63. The van der Waals surface area contributed by atoms with E-state index in [0.717, 1.165) is 11.1 Å². The number of carboxylic acids is 1. The van der Waals surface area contributed by atoms with E-state index in [1.54, 1.807) is 12.1 Å². The van der Waals surface area contributed by atoms with E-state index in [1.165, 1.54) is 0 Å². The molecule has 0 aliphatic heterocycles. The Morgan fingerprint density at radius 1 is 0.815 bits per heavy atom. The van der Waals surface area contributed by atoms with E-state index < -0.39 is 30.4 Å². The smallest absolute Gasteiger partial charge is 0.321 e. The Labute approximate surface area is 156 Å². The standard InChI is InChI=1S/C20H21NO6/c22-18(26-13-15-7-3-1-4-8-15)11-17(20(24)25)21-12-19(23)27-14-16-9-5-2-6-10-16/h1-10,17,21H,11-14H2,(H,24,25). The molecule has 0 heterocycles. The summed E-state index contributed by atoms with van der Waals surface area (Å²) in [6.07, 6.45) is -0.395. The number of hydrogen-bond acceptors (Lipinski definition) is 6. The van der Waals surface area contributed by atoms with Gasteiger partial charge in [-0.3, -0.25) is 19.7 Å². The van der Waals surface area contributed by atoms with Crippen molar-refractivity contribution >= 4 is 17.9 Å². The lowest BCUT2D eigenvalue weighted by atomic mass is 10.2. The molecule has 0 saturated heterocycles. The maximum absolute atomic E-state index is 11.8. The van der Waals surface area contributed by atoms with Gasteiger partial charge in [0.05, 0.1) is 13.0 Å². The first-order chi connectivity index (χ1) is 13.0. The number of rotatable bonds is 10. The highest BCUT2D eigenvalue weighted by Crippen LogP contribution is 2.04. The van der Waals surface area contributed by atoms with Crippen LogP contribution in [0.25, 0.3) is 0 Å². The predicted octanol–water partition coefficient (Wildman–Crippen LogP) is 1.91. The van der Waals surface area contributed by atoms with Crippen molar-refractivity contribution in [2.75, 3.05) is 6.54 Å². The number of carbonyl (C=O) groups is 3. The van der Waals surface area contributed by atoms with Gasteiger partial charge in [0.25, 0.3) is 0 Å². The molecule has 7 nitrogen and oxygen atoms in total. The van der Waals surface area contributed by atoms with Gasteiger partial charge in [-0.2, -0.15) is 0 Å². The summed E-state index contributed by atoms with van der Waals surface area (Å²) in [7, 11) is 0. The lowest BCUT2D eigenvalue weighted by Gasteiger charge is -2.14. The van der Waals surface area contributed by atoms with Crippen LogP contribution in [0.15, 0.2) is 60.7 Å². The van der Waals surface area contributed by atoms with Crippen LogP contribution in [0, 0.1) is 0 Å².